The van der Waals surface area contributed by atoms with Crippen LogP contribution in [0.15, 0.2) is 83.8 Å². The van der Waals surface area contributed by atoms with Crippen LogP contribution in [0.1, 0.15) is 27.8 Å². The van der Waals surface area contributed by atoms with Crippen LogP contribution < -0.4 is 10.0 Å². The van der Waals surface area contributed by atoms with Crippen molar-refractivity contribution in [1.82, 2.24) is 19.6 Å². The molecule has 166 valence electrons. The van der Waals surface area contributed by atoms with E-state index in [1.165, 1.54) is 18.2 Å². The number of nitrogens with zero attached hydrogens (tertiary/aromatic N) is 2. The summed E-state index contributed by atoms with van der Waals surface area (Å²) in [5.74, 6) is 2.47. The molecule has 1 atom stereocenters. The van der Waals surface area contributed by atoms with Crippen molar-refractivity contribution >= 4 is 27.0 Å². The van der Waals surface area contributed by atoms with Crippen LogP contribution in [0.4, 0.5) is 0 Å². The smallest absolute Gasteiger partial charge is 0.252 e. The summed E-state index contributed by atoms with van der Waals surface area (Å²) in [5.41, 5.74) is 2.82. The molecule has 0 aliphatic heterocycles. The highest BCUT2D eigenvalue weighted by molar-refractivity contribution is 7.89. The molecule has 4 aromatic rings. The van der Waals surface area contributed by atoms with Gasteiger partial charge < -0.3 is 9.88 Å². The number of hydrogen-bond donors (Lipinski definition) is 2. The zero-order valence-electron chi connectivity index (χ0n) is 17.9. The average molecular weight is 459 g/mol. The minimum Gasteiger partial charge on any atom is -0.338 e. The van der Waals surface area contributed by atoms with Crippen molar-refractivity contribution in [2.75, 3.05) is 6.54 Å². The van der Waals surface area contributed by atoms with E-state index in [9.17, 15) is 13.2 Å². The van der Waals surface area contributed by atoms with Gasteiger partial charge in [-0.25, -0.2) is 13.4 Å². The van der Waals surface area contributed by atoms with E-state index < -0.39 is 22.0 Å². The molecule has 0 bridgehead atoms. The first-order valence-electron chi connectivity index (χ1n) is 10.2. The molecule has 3 aromatic carbocycles. The molecule has 0 fully saturated rings. The van der Waals surface area contributed by atoms with Crippen molar-refractivity contribution in [1.29, 1.82) is 0 Å². The lowest BCUT2D eigenvalue weighted by atomic mass is 10.1. The van der Waals surface area contributed by atoms with Crippen LogP contribution in [0.2, 0.25) is 0 Å². The molecule has 1 amide bonds. The molecule has 33 heavy (non-hydrogen) atoms. The fraction of sp³-hybridized carbons (Fsp3) is 0.120. The van der Waals surface area contributed by atoms with Gasteiger partial charge in [-0.05, 0) is 35.9 Å². The number of hydrogen-bond acceptors (Lipinski definition) is 4. The third kappa shape index (κ3) is 4.65. The molecule has 0 saturated heterocycles. The summed E-state index contributed by atoms with van der Waals surface area (Å²) in [7, 11) is -1.92. The predicted octanol–water partition coefficient (Wildman–Crippen LogP) is 3.00. The second-order valence-electron chi connectivity index (χ2n) is 7.39. The average Bonchev–Trinajstić information content (AvgIpc) is 3.18. The van der Waals surface area contributed by atoms with Gasteiger partial charge in [0.1, 0.15) is 11.9 Å². The zero-order chi connectivity index (χ0) is 23.4. The van der Waals surface area contributed by atoms with Crippen LogP contribution in [0.5, 0.6) is 0 Å². The van der Waals surface area contributed by atoms with Crippen molar-refractivity contribution in [3.05, 3.63) is 95.8 Å². The van der Waals surface area contributed by atoms with Gasteiger partial charge >= 0.3 is 0 Å². The van der Waals surface area contributed by atoms with Gasteiger partial charge in [0.25, 0.3) is 5.91 Å². The Morgan fingerprint density at radius 2 is 1.79 bits per heavy atom. The fourth-order valence-electron chi connectivity index (χ4n) is 3.60. The number of terminal acetylenes is 1. The molecule has 0 aliphatic rings. The highest BCUT2D eigenvalue weighted by Crippen LogP contribution is 2.25. The number of carbonyl (C=O) groups excluding carboxylic acids is 1. The molecule has 1 unspecified atom stereocenters. The zero-order valence-corrected chi connectivity index (χ0v) is 18.7. The molecule has 0 spiro atoms. The molecule has 2 N–H and O–H groups in total. The summed E-state index contributed by atoms with van der Waals surface area (Å²) < 4.78 is 29.1. The molecule has 0 saturated carbocycles. The van der Waals surface area contributed by atoms with E-state index in [0.29, 0.717) is 5.82 Å². The maximum Gasteiger partial charge on any atom is 0.252 e. The van der Waals surface area contributed by atoms with Crippen molar-refractivity contribution in [2.45, 2.75) is 10.9 Å². The van der Waals surface area contributed by atoms with Crippen LogP contribution in [0, 0.1) is 12.3 Å². The van der Waals surface area contributed by atoms with Gasteiger partial charge in [0.2, 0.25) is 10.0 Å². The van der Waals surface area contributed by atoms with Gasteiger partial charge in [0.05, 0.1) is 22.5 Å². The maximum atomic E-state index is 13.2. The third-order valence-electron chi connectivity index (χ3n) is 5.26. The van der Waals surface area contributed by atoms with Crippen molar-refractivity contribution < 1.29 is 13.2 Å². The predicted molar refractivity (Wildman–Crippen MR) is 127 cm³/mol. The third-order valence-corrected chi connectivity index (χ3v) is 6.66. The number of sulfonamides is 1. The van der Waals surface area contributed by atoms with Crippen LogP contribution in [-0.4, -0.2) is 30.4 Å². The van der Waals surface area contributed by atoms with Crippen LogP contribution in [0.25, 0.3) is 11.0 Å². The normalized spacial score (nSPS) is 12.2. The number of para-hydroxylation sites is 2. The quantitative estimate of drug-likeness (QED) is 0.417. The van der Waals surface area contributed by atoms with Crippen LogP contribution >= 0.6 is 0 Å². The minimum absolute atomic E-state index is 0.0376. The number of nitrogens with one attached hydrogen (secondary N) is 2. The van der Waals surface area contributed by atoms with E-state index in [1.54, 1.807) is 6.07 Å². The summed E-state index contributed by atoms with van der Waals surface area (Å²) in [4.78, 5) is 17.9. The minimum atomic E-state index is -3.82. The lowest BCUT2D eigenvalue weighted by Gasteiger charge is -2.19. The van der Waals surface area contributed by atoms with Crippen LogP contribution in [0.3, 0.4) is 0 Å². The lowest BCUT2D eigenvalue weighted by molar-refractivity contribution is 0.0941. The molecule has 8 heteroatoms. The van der Waals surface area contributed by atoms with E-state index in [4.69, 9.17) is 11.4 Å². The van der Waals surface area contributed by atoms with Gasteiger partial charge in [-0.15, -0.1) is 6.42 Å². The maximum absolute atomic E-state index is 13.2. The highest BCUT2D eigenvalue weighted by Gasteiger charge is 2.24. The Morgan fingerprint density at radius 1 is 1.06 bits per heavy atom. The largest absolute Gasteiger partial charge is 0.338 e. The molecule has 0 radical (unpaired) electrons. The Hall–Kier alpha value is -3.93. The highest BCUT2D eigenvalue weighted by atomic mass is 32.2. The molecule has 7 nitrogen and oxygen atoms in total. The first-order chi connectivity index (χ1) is 15.9. The fourth-order valence-corrected chi connectivity index (χ4v) is 4.58. The van der Waals surface area contributed by atoms with Crippen LogP contribution in [-0.2, 0) is 17.1 Å². The monoisotopic (exact) mass is 458 g/mol. The van der Waals surface area contributed by atoms with Gasteiger partial charge in [-0.3, -0.25) is 4.79 Å². The summed E-state index contributed by atoms with van der Waals surface area (Å²) in [5, 5.41) is 3.02. The van der Waals surface area contributed by atoms with Crippen molar-refractivity contribution in [3.63, 3.8) is 0 Å². The number of aryl methyl sites for hydroxylation is 1. The number of carbonyl (C=O) groups is 1. The number of aromatic nitrogens is 2. The molecule has 1 aromatic heterocycles. The number of imidazole rings is 1. The van der Waals surface area contributed by atoms with Gasteiger partial charge in [-0.1, -0.05) is 54.5 Å². The van der Waals surface area contributed by atoms with E-state index in [0.717, 1.165) is 16.6 Å². The first kappa shape index (κ1) is 22.3. The van der Waals surface area contributed by atoms with Gasteiger partial charge in [-0.2, -0.15) is 4.72 Å². The van der Waals surface area contributed by atoms with E-state index in [2.05, 4.69) is 16.0 Å². The first-order valence-corrected chi connectivity index (χ1v) is 11.7. The molecular formula is C25H22N4O3S. The van der Waals surface area contributed by atoms with Crippen molar-refractivity contribution in [2.24, 2.45) is 7.05 Å². The molecule has 0 aliphatic carbocycles. The number of amides is 1. The summed E-state index contributed by atoms with van der Waals surface area (Å²) in [6.45, 7) is -0.137. The Bertz CT molecular complexity index is 1450. The standard InChI is InChI=1S/C25H22N4O3S/c1-3-16-26-33(31,32)20-13-9-12-19(17-20)25(30)28-23(18-10-5-4-6-11-18)24-27-21-14-7-8-15-22(21)29(24)2/h1,4-15,17,23,26H,16H2,2H3,(H,28,30). The van der Waals surface area contributed by atoms with Gasteiger partial charge in [0.15, 0.2) is 0 Å². The van der Waals surface area contributed by atoms with Crippen molar-refractivity contribution in [3.8, 4) is 12.3 Å². The topological polar surface area (TPSA) is 93.1 Å². The molecular weight excluding hydrogens is 436 g/mol. The van der Waals surface area contributed by atoms with Gasteiger partial charge in [0, 0.05) is 12.6 Å². The Balaban J connectivity index is 1.71. The number of rotatable bonds is 7. The van der Waals surface area contributed by atoms with E-state index >= 15 is 0 Å². The van der Waals surface area contributed by atoms with E-state index in [1.807, 2.05) is 66.2 Å². The molecule has 4 rings (SSSR count). The summed E-state index contributed by atoms with van der Waals surface area (Å²) in [6.07, 6.45) is 5.15. The summed E-state index contributed by atoms with van der Waals surface area (Å²) >= 11 is 0. The Kier molecular flexibility index (Phi) is 6.27. The Morgan fingerprint density at radius 3 is 2.52 bits per heavy atom. The number of fused-ring (bicyclic) bond motifs is 1. The SMILES string of the molecule is C#CCNS(=O)(=O)c1cccc(C(=O)NC(c2ccccc2)c2nc3ccccc3n2C)c1. The van der Waals surface area contributed by atoms with E-state index in [-0.39, 0.29) is 17.0 Å². The second-order valence-corrected chi connectivity index (χ2v) is 9.16. The lowest BCUT2D eigenvalue weighted by Crippen LogP contribution is -2.31. The second kappa shape index (κ2) is 9.28. The molecule has 1 heterocycles. The Labute approximate surface area is 192 Å². The summed E-state index contributed by atoms with van der Waals surface area (Å²) in [6, 6.07) is 22.5. The number of benzene rings is 3.